The van der Waals surface area contributed by atoms with Gasteiger partial charge in [-0.05, 0) is 69.2 Å². The van der Waals surface area contributed by atoms with Gasteiger partial charge in [0.05, 0.1) is 17.9 Å². The van der Waals surface area contributed by atoms with E-state index in [2.05, 4.69) is 21.5 Å². The van der Waals surface area contributed by atoms with Gasteiger partial charge in [0.1, 0.15) is 17.1 Å². The van der Waals surface area contributed by atoms with Gasteiger partial charge in [0.2, 0.25) is 11.8 Å². The number of aromatic nitrogens is 2. The van der Waals surface area contributed by atoms with E-state index < -0.39 is 21.0 Å². The molecule has 0 aliphatic heterocycles. The second-order valence-corrected chi connectivity index (χ2v) is 10.1. The molecule has 0 unspecified atom stereocenters. The molecule has 10 nitrogen and oxygen atoms in total. The van der Waals surface area contributed by atoms with E-state index in [1.165, 1.54) is 24.3 Å². The molecule has 0 aliphatic rings. The Kier molecular flexibility index (Phi) is 9.20. The van der Waals surface area contributed by atoms with Crippen LogP contribution in [-0.4, -0.2) is 43.8 Å². The lowest BCUT2D eigenvalue weighted by atomic mass is 10.1. The van der Waals surface area contributed by atoms with E-state index in [0.717, 1.165) is 16.7 Å². The highest BCUT2D eigenvalue weighted by atomic mass is 32.2. The molecule has 0 fully saturated rings. The van der Waals surface area contributed by atoms with Crippen LogP contribution < -0.4 is 15.2 Å². The van der Waals surface area contributed by atoms with Gasteiger partial charge in [0.25, 0.3) is 15.9 Å². The molecule has 2 aromatic heterocycles. The van der Waals surface area contributed by atoms with Crippen molar-refractivity contribution in [2.24, 2.45) is 4.99 Å². The van der Waals surface area contributed by atoms with Gasteiger partial charge < -0.3 is 15.2 Å². The number of pyridine rings is 2. The maximum atomic E-state index is 13.3. The summed E-state index contributed by atoms with van der Waals surface area (Å²) in [6.07, 6.45) is 3.23. The Morgan fingerprint density at radius 3 is 2.41 bits per heavy atom. The molecule has 0 aliphatic carbocycles. The maximum absolute atomic E-state index is 13.3. The standard InChI is InChI=1S/C28H31N5O5S/c1-7-10-20(27(30-6)37-8-2)22-14-13-21(26(34)33-39(35,36)24-12-9-11-23(29)32-24)28(31-22)38-25-18(4)15-17(3)16-19(25)5/h7,9-16H,1,8H2,2-6H3,(H2,29,32)(H,33,34)/b20-10-,30-27+. The summed E-state index contributed by atoms with van der Waals surface area (Å²) in [7, 11) is -2.76. The third-order valence-electron chi connectivity index (χ3n) is 5.43. The molecule has 0 spiro atoms. The fourth-order valence-electron chi connectivity index (χ4n) is 3.86. The lowest BCUT2D eigenvalue weighted by Crippen LogP contribution is -2.31. The van der Waals surface area contributed by atoms with Crippen molar-refractivity contribution < 1.29 is 22.7 Å². The molecule has 0 radical (unpaired) electrons. The number of nitrogen functional groups attached to an aromatic ring is 1. The maximum Gasteiger partial charge on any atom is 0.281 e. The highest BCUT2D eigenvalue weighted by molar-refractivity contribution is 7.90. The van der Waals surface area contributed by atoms with E-state index in [4.69, 9.17) is 15.2 Å². The lowest BCUT2D eigenvalue weighted by Gasteiger charge is -2.17. The zero-order chi connectivity index (χ0) is 28.7. The SMILES string of the molecule is C=C/C=C(\C(=N/C)OCC)c1ccc(C(=O)NS(=O)(=O)c2cccc(N)n2)c(Oc2c(C)cc(C)cc2C)n1. The van der Waals surface area contributed by atoms with Gasteiger partial charge in [-0.15, -0.1) is 0 Å². The number of ether oxygens (including phenoxy) is 2. The van der Waals surface area contributed by atoms with Crippen LogP contribution in [0.4, 0.5) is 5.82 Å². The largest absolute Gasteiger partial charge is 0.478 e. The molecule has 3 N–H and O–H groups in total. The van der Waals surface area contributed by atoms with Crippen LogP contribution in [0.1, 0.15) is 39.7 Å². The first kappa shape index (κ1) is 29.1. The van der Waals surface area contributed by atoms with E-state index in [1.807, 2.05) is 44.5 Å². The molecule has 0 bridgehead atoms. The zero-order valence-corrected chi connectivity index (χ0v) is 23.3. The van der Waals surface area contributed by atoms with Crippen molar-refractivity contribution in [2.75, 3.05) is 19.4 Å². The number of benzene rings is 1. The van der Waals surface area contributed by atoms with E-state index >= 15 is 0 Å². The average molecular weight is 550 g/mol. The van der Waals surface area contributed by atoms with Gasteiger partial charge in [-0.2, -0.15) is 8.42 Å². The zero-order valence-electron chi connectivity index (χ0n) is 22.5. The number of carbonyl (C=O) groups excluding carboxylic acids is 1. The van der Waals surface area contributed by atoms with E-state index in [1.54, 1.807) is 25.3 Å². The first-order valence-corrected chi connectivity index (χ1v) is 13.5. The van der Waals surface area contributed by atoms with Crippen LogP contribution in [0.3, 0.4) is 0 Å². The summed E-state index contributed by atoms with van der Waals surface area (Å²) in [6, 6.07) is 10.9. The molecule has 3 aromatic rings. The monoisotopic (exact) mass is 549 g/mol. The Morgan fingerprint density at radius 1 is 1.13 bits per heavy atom. The number of sulfonamides is 1. The Labute approximate surface area is 228 Å². The van der Waals surface area contributed by atoms with Gasteiger partial charge in [-0.3, -0.25) is 9.79 Å². The van der Waals surface area contributed by atoms with Crippen LogP contribution in [0.15, 0.2) is 71.2 Å². The van der Waals surface area contributed by atoms with Crippen LogP contribution in [0.2, 0.25) is 0 Å². The number of anilines is 1. The van der Waals surface area contributed by atoms with Crippen LogP contribution in [0.5, 0.6) is 11.6 Å². The van der Waals surface area contributed by atoms with E-state index in [0.29, 0.717) is 29.5 Å². The number of rotatable bonds is 9. The Hall–Kier alpha value is -4.51. The third kappa shape index (κ3) is 6.88. The number of hydrogen-bond acceptors (Lipinski definition) is 9. The number of hydrogen-bond donors (Lipinski definition) is 2. The van der Waals surface area contributed by atoms with Crippen LogP contribution in [-0.2, 0) is 14.8 Å². The number of allylic oxidation sites excluding steroid dienone is 2. The van der Waals surface area contributed by atoms with Crippen LogP contribution in [0.25, 0.3) is 5.57 Å². The van der Waals surface area contributed by atoms with Crippen molar-refractivity contribution in [3.05, 3.63) is 89.1 Å². The Morgan fingerprint density at radius 2 is 1.82 bits per heavy atom. The van der Waals surface area contributed by atoms with Gasteiger partial charge >= 0.3 is 0 Å². The van der Waals surface area contributed by atoms with Gasteiger partial charge in [-0.1, -0.05) is 36.4 Å². The topological polar surface area (TPSA) is 146 Å². The summed E-state index contributed by atoms with van der Waals surface area (Å²) in [4.78, 5) is 25.9. The van der Waals surface area contributed by atoms with Gasteiger partial charge in [0.15, 0.2) is 5.03 Å². The normalized spacial score (nSPS) is 12.1. The quantitative estimate of drug-likeness (QED) is 0.225. The van der Waals surface area contributed by atoms with Crippen molar-refractivity contribution >= 4 is 33.2 Å². The highest BCUT2D eigenvalue weighted by Gasteiger charge is 2.25. The molecule has 3 rings (SSSR count). The number of nitrogens with two attached hydrogens (primary N) is 1. The molecular weight excluding hydrogens is 518 g/mol. The van der Waals surface area contributed by atoms with Crippen LogP contribution in [0, 0.1) is 20.8 Å². The fourth-order valence-corrected chi connectivity index (χ4v) is 4.80. The molecule has 2 heterocycles. The Balaban J connectivity index is 2.15. The van der Waals surface area contributed by atoms with Crippen molar-refractivity contribution in [2.45, 2.75) is 32.7 Å². The summed E-state index contributed by atoms with van der Waals surface area (Å²) in [5.41, 5.74) is 9.05. The molecule has 204 valence electrons. The number of amides is 1. The minimum atomic E-state index is -4.34. The van der Waals surface area contributed by atoms with Crippen molar-refractivity contribution in [1.29, 1.82) is 0 Å². The predicted octanol–water partition coefficient (Wildman–Crippen LogP) is 4.53. The second-order valence-electron chi connectivity index (χ2n) is 8.49. The minimum Gasteiger partial charge on any atom is -0.478 e. The average Bonchev–Trinajstić information content (AvgIpc) is 2.88. The first-order chi connectivity index (χ1) is 18.5. The second kappa shape index (κ2) is 12.4. The molecule has 11 heteroatoms. The molecule has 1 aromatic carbocycles. The molecule has 39 heavy (non-hydrogen) atoms. The summed E-state index contributed by atoms with van der Waals surface area (Å²) < 4.78 is 39.6. The summed E-state index contributed by atoms with van der Waals surface area (Å²) in [6.45, 7) is 11.6. The first-order valence-electron chi connectivity index (χ1n) is 12.0. The minimum absolute atomic E-state index is 0.00471. The van der Waals surface area contributed by atoms with Crippen molar-refractivity contribution in [3.8, 4) is 11.6 Å². The predicted molar refractivity (Wildman–Crippen MR) is 151 cm³/mol. The van der Waals surface area contributed by atoms with Crippen LogP contribution >= 0.6 is 0 Å². The molecule has 1 amide bonds. The molecule has 0 saturated heterocycles. The van der Waals surface area contributed by atoms with Gasteiger partial charge in [-0.25, -0.2) is 14.7 Å². The third-order valence-corrected chi connectivity index (χ3v) is 6.66. The van der Waals surface area contributed by atoms with E-state index in [-0.39, 0.29) is 17.3 Å². The number of nitrogens with zero attached hydrogens (tertiary/aromatic N) is 3. The smallest absolute Gasteiger partial charge is 0.281 e. The Bertz CT molecular complexity index is 1560. The highest BCUT2D eigenvalue weighted by Crippen LogP contribution is 2.32. The van der Waals surface area contributed by atoms with Crippen molar-refractivity contribution in [1.82, 2.24) is 14.7 Å². The molecule has 0 saturated carbocycles. The number of aliphatic imine (C=N–C) groups is 1. The number of aryl methyl sites for hydroxylation is 3. The number of nitrogens with one attached hydrogen (secondary N) is 1. The fraction of sp³-hybridized carbons (Fsp3) is 0.214. The lowest BCUT2D eigenvalue weighted by molar-refractivity contribution is 0.0978. The number of carbonyl (C=O) groups is 1. The summed E-state index contributed by atoms with van der Waals surface area (Å²) in [5, 5.41) is -0.398. The molecular formula is C28H31N5O5S. The van der Waals surface area contributed by atoms with E-state index in [9.17, 15) is 13.2 Å². The molecule has 0 atom stereocenters. The summed E-state index contributed by atoms with van der Waals surface area (Å²) in [5.74, 6) is -0.277. The van der Waals surface area contributed by atoms with Crippen molar-refractivity contribution in [3.63, 3.8) is 0 Å². The summed E-state index contributed by atoms with van der Waals surface area (Å²) >= 11 is 0. The van der Waals surface area contributed by atoms with Gasteiger partial charge in [0, 0.05) is 7.05 Å².